The number of carbonyl (C=O) groups is 1. The second-order valence-corrected chi connectivity index (χ2v) is 4.42. The van der Waals surface area contributed by atoms with Crippen LogP contribution in [-0.2, 0) is 16.6 Å². The zero-order valence-corrected chi connectivity index (χ0v) is 10.3. The third-order valence-corrected chi connectivity index (χ3v) is 3.43. The molecule has 2 aromatic rings. The molecule has 0 bridgehead atoms. The molecule has 0 spiro atoms. The lowest BCUT2D eigenvalue weighted by Gasteiger charge is -2.28. The molecule has 0 radical (unpaired) electrons. The third kappa shape index (κ3) is 2.16. The Kier molecular flexibility index (Phi) is 3.51. The van der Waals surface area contributed by atoms with Gasteiger partial charge in [0.05, 0.1) is 17.9 Å². The van der Waals surface area contributed by atoms with Crippen LogP contribution in [0, 0.1) is 0 Å². The SMILES string of the molecule is CCC(Cc1ccoc1)(C(=O)O)c1ccccc1. The van der Waals surface area contributed by atoms with E-state index in [9.17, 15) is 9.90 Å². The highest BCUT2D eigenvalue weighted by Crippen LogP contribution is 2.32. The van der Waals surface area contributed by atoms with Crippen molar-refractivity contribution in [3.63, 3.8) is 0 Å². The summed E-state index contributed by atoms with van der Waals surface area (Å²) in [6.45, 7) is 1.90. The molecule has 0 aliphatic rings. The number of furan rings is 1. The Bertz CT molecular complexity index is 502. The minimum atomic E-state index is -0.884. The highest BCUT2D eigenvalue weighted by molar-refractivity contribution is 5.81. The number of benzene rings is 1. The third-order valence-electron chi connectivity index (χ3n) is 3.43. The molecule has 0 fully saturated rings. The van der Waals surface area contributed by atoms with Crippen LogP contribution < -0.4 is 0 Å². The van der Waals surface area contributed by atoms with E-state index in [2.05, 4.69) is 0 Å². The minimum absolute atomic E-state index is 0.444. The van der Waals surface area contributed by atoms with Gasteiger partial charge in [-0.05, 0) is 30.0 Å². The average Bonchev–Trinajstić information content (AvgIpc) is 2.89. The van der Waals surface area contributed by atoms with Crippen molar-refractivity contribution in [1.29, 1.82) is 0 Å². The van der Waals surface area contributed by atoms with E-state index in [1.54, 1.807) is 12.5 Å². The first-order valence-electron chi connectivity index (χ1n) is 5.99. The number of hydrogen-bond donors (Lipinski definition) is 1. The quantitative estimate of drug-likeness (QED) is 0.878. The fraction of sp³-hybridized carbons (Fsp3) is 0.267. The van der Waals surface area contributed by atoms with E-state index < -0.39 is 11.4 Å². The average molecular weight is 244 g/mol. The van der Waals surface area contributed by atoms with E-state index in [4.69, 9.17) is 4.42 Å². The molecule has 1 unspecified atom stereocenters. The van der Waals surface area contributed by atoms with Crippen LogP contribution in [-0.4, -0.2) is 11.1 Å². The molecule has 1 atom stereocenters. The number of rotatable bonds is 5. The summed E-state index contributed by atoms with van der Waals surface area (Å²) in [5.74, 6) is -0.794. The van der Waals surface area contributed by atoms with E-state index in [1.807, 2.05) is 43.3 Å². The van der Waals surface area contributed by atoms with Gasteiger partial charge in [-0.2, -0.15) is 0 Å². The molecule has 1 aromatic carbocycles. The summed E-state index contributed by atoms with van der Waals surface area (Å²) in [6.07, 6.45) is 4.16. The van der Waals surface area contributed by atoms with Crippen molar-refractivity contribution in [2.75, 3.05) is 0 Å². The molecule has 18 heavy (non-hydrogen) atoms. The molecule has 0 saturated heterocycles. The van der Waals surface area contributed by atoms with Gasteiger partial charge in [-0.3, -0.25) is 4.79 Å². The van der Waals surface area contributed by atoms with Crippen molar-refractivity contribution < 1.29 is 14.3 Å². The molecule has 0 amide bonds. The Hall–Kier alpha value is -2.03. The Morgan fingerprint density at radius 1 is 1.28 bits per heavy atom. The predicted octanol–water partition coefficient (Wildman–Crippen LogP) is 3.25. The summed E-state index contributed by atoms with van der Waals surface area (Å²) < 4.78 is 5.03. The smallest absolute Gasteiger partial charge is 0.314 e. The molecule has 1 N–H and O–H groups in total. The van der Waals surface area contributed by atoms with Gasteiger partial charge >= 0.3 is 5.97 Å². The first-order chi connectivity index (χ1) is 8.69. The van der Waals surface area contributed by atoms with Gasteiger partial charge in [0.25, 0.3) is 0 Å². The van der Waals surface area contributed by atoms with E-state index in [0.717, 1.165) is 11.1 Å². The van der Waals surface area contributed by atoms with Crippen LogP contribution in [0.2, 0.25) is 0 Å². The molecule has 0 aliphatic carbocycles. The van der Waals surface area contributed by atoms with Crippen molar-refractivity contribution >= 4 is 5.97 Å². The highest BCUT2D eigenvalue weighted by atomic mass is 16.4. The summed E-state index contributed by atoms with van der Waals surface area (Å²) in [7, 11) is 0. The number of hydrogen-bond acceptors (Lipinski definition) is 2. The standard InChI is InChI=1S/C15H16O3/c1-2-15(14(16)17,10-12-8-9-18-11-12)13-6-4-3-5-7-13/h3-9,11H,2,10H2,1H3,(H,16,17). The Morgan fingerprint density at radius 2 is 2.00 bits per heavy atom. The molecule has 0 saturated carbocycles. The summed E-state index contributed by atoms with van der Waals surface area (Å²) in [5, 5.41) is 9.65. The van der Waals surface area contributed by atoms with Gasteiger partial charge in [0, 0.05) is 0 Å². The van der Waals surface area contributed by atoms with Crippen LogP contribution in [0.5, 0.6) is 0 Å². The zero-order valence-electron chi connectivity index (χ0n) is 10.3. The van der Waals surface area contributed by atoms with Crippen LogP contribution in [0.25, 0.3) is 0 Å². The summed E-state index contributed by atoms with van der Waals surface area (Å²) >= 11 is 0. The van der Waals surface area contributed by atoms with Crippen LogP contribution in [0.3, 0.4) is 0 Å². The molecule has 3 nitrogen and oxygen atoms in total. The zero-order chi connectivity index (χ0) is 13.0. The van der Waals surface area contributed by atoms with Crippen LogP contribution in [0.4, 0.5) is 0 Å². The van der Waals surface area contributed by atoms with E-state index in [0.29, 0.717) is 12.8 Å². The molecule has 1 heterocycles. The van der Waals surface area contributed by atoms with Crippen molar-refractivity contribution in [2.45, 2.75) is 25.2 Å². The maximum absolute atomic E-state index is 11.7. The lowest BCUT2D eigenvalue weighted by atomic mass is 9.74. The van der Waals surface area contributed by atoms with Crippen LogP contribution >= 0.6 is 0 Å². The summed E-state index contributed by atoms with van der Waals surface area (Å²) in [5.41, 5.74) is 0.856. The Balaban J connectivity index is 2.43. The van der Waals surface area contributed by atoms with Gasteiger partial charge in [-0.25, -0.2) is 0 Å². The van der Waals surface area contributed by atoms with Gasteiger partial charge in [-0.15, -0.1) is 0 Å². The normalized spacial score (nSPS) is 14.1. The lowest BCUT2D eigenvalue weighted by molar-refractivity contribution is -0.144. The number of carboxylic acid groups (broad SMARTS) is 1. The molecule has 0 aliphatic heterocycles. The summed E-state index contributed by atoms with van der Waals surface area (Å²) in [6, 6.07) is 11.2. The monoisotopic (exact) mass is 244 g/mol. The fourth-order valence-electron chi connectivity index (χ4n) is 2.28. The minimum Gasteiger partial charge on any atom is -0.481 e. The van der Waals surface area contributed by atoms with E-state index in [-0.39, 0.29) is 0 Å². The highest BCUT2D eigenvalue weighted by Gasteiger charge is 2.38. The van der Waals surface area contributed by atoms with Gasteiger partial charge < -0.3 is 9.52 Å². The Labute approximate surface area is 106 Å². The topological polar surface area (TPSA) is 50.4 Å². The van der Waals surface area contributed by atoms with Gasteiger partial charge in [0.2, 0.25) is 0 Å². The van der Waals surface area contributed by atoms with Crippen molar-refractivity contribution in [3.05, 3.63) is 60.1 Å². The molecule has 2 rings (SSSR count). The van der Waals surface area contributed by atoms with Crippen molar-refractivity contribution in [3.8, 4) is 0 Å². The maximum Gasteiger partial charge on any atom is 0.314 e. The van der Waals surface area contributed by atoms with Crippen molar-refractivity contribution in [2.24, 2.45) is 0 Å². The molecular formula is C15H16O3. The molecular weight excluding hydrogens is 228 g/mol. The molecule has 1 aromatic heterocycles. The largest absolute Gasteiger partial charge is 0.481 e. The van der Waals surface area contributed by atoms with Gasteiger partial charge in [-0.1, -0.05) is 37.3 Å². The van der Waals surface area contributed by atoms with Crippen LogP contribution in [0.1, 0.15) is 24.5 Å². The van der Waals surface area contributed by atoms with E-state index >= 15 is 0 Å². The van der Waals surface area contributed by atoms with Crippen LogP contribution in [0.15, 0.2) is 53.3 Å². The Morgan fingerprint density at radius 3 is 2.50 bits per heavy atom. The molecule has 3 heteroatoms. The second kappa shape index (κ2) is 5.08. The maximum atomic E-state index is 11.7. The van der Waals surface area contributed by atoms with E-state index in [1.165, 1.54) is 0 Å². The number of carboxylic acids is 1. The second-order valence-electron chi connectivity index (χ2n) is 4.42. The van der Waals surface area contributed by atoms with Crippen molar-refractivity contribution in [1.82, 2.24) is 0 Å². The lowest BCUT2D eigenvalue weighted by Crippen LogP contribution is -2.37. The molecule has 94 valence electrons. The predicted molar refractivity (Wildman–Crippen MR) is 68.5 cm³/mol. The number of aliphatic carboxylic acids is 1. The first kappa shape index (κ1) is 12.4. The van der Waals surface area contributed by atoms with Gasteiger partial charge in [0.1, 0.15) is 0 Å². The van der Waals surface area contributed by atoms with Gasteiger partial charge in [0.15, 0.2) is 0 Å². The fourth-order valence-corrected chi connectivity index (χ4v) is 2.28. The summed E-state index contributed by atoms with van der Waals surface area (Å²) in [4.78, 5) is 11.7. The first-order valence-corrected chi connectivity index (χ1v) is 5.99.